The van der Waals surface area contributed by atoms with Crippen LogP contribution in [0.3, 0.4) is 0 Å². The molecule has 0 spiro atoms. The van der Waals surface area contributed by atoms with E-state index in [0.29, 0.717) is 19.9 Å². The van der Waals surface area contributed by atoms with E-state index in [1.54, 1.807) is 17.2 Å². The maximum Gasteiger partial charge on any atom is 0.117 e. The van der Waals surface area contributed by atoms with E-state index in [4.69, 9.17) is 9.84 Å². The summed E-state index contributed by atoms with van der Waals surface area (Å²) in [6, 6.07) is 10.1. The summed E-state index contributed by atoms with van der Waals surface area (Å²) >= 11 is 0. The third-order valence-corrected chi connectivity index (χ3v) is 4.09. The lowest BCUT2D eigenvalue weighted by atomic mass is 10.1. The summed E-state index contributed by atoms with van der Waals surface area (Å²) in [5, 5.41) is 16.4. The van der Waals surface area contributed by atoms with Crippen LogP contribution in [0.25, 0.3) is 16.8 Å². The highest BCUT2D eigenvalue weighted by Crippen LogP contribution is 2.37. The molecule has 0 radical (unpaired) electrons. The van der Waals surface area contributed by atoms with Gasteiger partial charge in [-0.15, -0.1) is 0 Å². The van der Waals surface area contributed by atoms with Crippen LogP contribution in [0, 0.1) is 0 Å². The van der Waals surface area contributed by atoms with Crippen LogP contribution < -0.4 is 5.32 Å². The third-order valence-electron chi connectivity index (χ3n) is 4.09. The number of aromatic nitrogens is 3. The van der Waals surface area contributed by atoms with Crippen molar-refractivity contribution >= 4 is 12.0 Å². The van der Waals surface area contributed by atoms with Crippen molar-refractivity contribution in [2.24, 2.45) is 4.99 Å². The average Bonchev–Trinajstić information content (AvgIpc) is 3.20. The zero-order valence-corrected chi connectivity index (χ0v) is 13.7. The summed E-state index contributed by atoms with van der Waals surface area (Å²) in [6.45, 7) is 1.40. The Bertz CT molecular complexity index is 882. The topological polar surface area (TPSA) is 76.6 Å². The molecule has 1 aliphatic heterocycles. The second-order valence-corrected chi connectivity index (χ2v) is 5.71. The summed E-state index contributed by atoms with van der Waals surface area (Å²) in [6.07, 6.45) is 7.44. The highest BCUT2D eigenvalue weighted by atomic mass is 16.5. The second-order valence-electron chi connectivity index (χ2n) is 5.71. The number of aliphatic imine (C=N–C) groups is 1. The summed E-state index contributed by atoms with van der Waals surface area (Å²) in [5.74, 6) is 0. The van der Waals surface area contributed by atoms with E-state index < -0.39 is 0 Å². The number of aliphatic hydroxyl groups excluding tert-OH is 1. The lowest BCUT2D eigenvalue weighted by molar-refractivity contribution is 0.112. The van der Waals surface area contributed by atoms with E-state index >= 15 is 0 Å². The van der Waals surface area contributed by atoms with Crippen LogP contribution in [0.4, 0.5) is 5.69 Å². The van der Waals surface area contributed by atoms with Crippen molar-refractivity contribution in [3.05, 3.63) is 54.6 Å². The van der Waals surface area contributed by atoms with Gasteiger partial charge in [-0.1, -0.05) is 18.2 Å². The van der Waals surface area contributed by atoms with E-state index in [1.807, 2.05) is 24.4 Å². The van der Waals surface area contributed by atoms with Crippen molar-refractivity contribution in [3.8, 4) is 16.8 Å². The fourth-order valence-corrected chi connectivity index (χ4v) is 2.93. The average molecular weight is 337 g/mol. The maximum absolute atomic E-state index is 9.10. The van der Waals surface area contributed by atoms with Gasteiger partial charge in [0.2, 0.25) is 0 Å². The number of fused-ring (bicyclic) bond motifs is 1. The van der Waals surface area contributed by atoms with Gasteiger partial charge in [-0.3, -0.25) is 4.68 Å². The van der Waals surface area contributed by atoms with Crippen LogP contribution in [0.1, 0.15) is 5.69 Å². The second kappa shape index (κ2) is 6.92. The molecule has 0 aliphatic carbocycles. The molecule has 1 aromatic carbocycles. The number of benzene rings is 1. The lowest BCUT2D eigenvalue weighted by Gasteiger charge is -2.12. The van der Waals surface area contributed by atoms with Gasteiger partial charge in [0.25, 0.3) is 0 Å². The van der Waals surface area contributed by atoms with Crippen molar-refractivity contribution in [3.63, 3.8) is 0 Å². The quantitative estimate of drug-likeness (QED) is 0.764. The van der Waals surface area contributed by atoms with Crippen molar-refractivity contribution < 1.29 is 9.84 Å². The van der Waals surface area contributed by atoms with E-state index in [-0.39, 0.29) is 6.61 Å². The van der Waals surface area contributed by atoms with Gasteiger partial charge in [0.05, 0.1) is 43.7 Å². The number of rotatable bonds is 4. The van der Waals surface area contributed by atoms with Crippen LogP contribution in [0.2, 0.25) is 0 Å². The molecule has 0 atom stereocenters. The molecule has 0 saturated carbocycles. The lowest BCUT2D eigenvalue weighted by Crippen LogP contribution is -2.17. The van der Waals surface area contributed by atoms with Crippen LogP contribution in [0.15, 0.2) is 53.9 Å². The zero-order chi connectivity index (χ0) is 17.1. The number of aliphatic hydroxyl groups is 1. The van der Waals surface area contributed by atoms with Gasteiger partial charge in [-0.2, -0.15) is 5.10 Å². The first-order chi connectivity index (χ1) is 12.4. The summed E-state index contributed by atoms with van der Waals surface area (Å²) in [7, 11) is 0. The monoisotopic (exact) mass is 337 g/mol. The third kappa shape index (κ3) is 3.07. The predicted octanol–water partition coefficient (Wildman–Crippen LogP) is 2.07. The molecule has 1 aliphatic rings. The standard InChI is InChI=1S/C18H19N5O2/c24-7-6-22-9-14(8-21-22)16-10-23(15-4-2-1-3-5-15)17-11-25-13-19-12-20-18(16)17/h1-5,8-10,12,24H,6-7,11,13H2,(H,19,20). The number of hydrogen-bond acceptors (Lipinski definition) is 5. The highest BCUT2D eigenvalue weighted by Gasteiger charge is 2.19. The van der Waals surface area contributed by atoms with Crippen molar-refractivity contribution in [2.75, 3.05) is 13.3 Å². The number of ether oxygens (including phenoxy) is 1. The maximum atomic E-state index is 9.10. The predicted molar refractivity (Wildman–Crippen MR) is 95.0 cm³/mol. The summed E-state index contributed by atoms with van der Waals surface area (Å²) in [5.41, 5.74) is 4.84. The molecule has 2 N–H and O–H groups in total. The van der Waals surface area contributed by atoms with E-state index in [1.165, 1.54) is 0 Å². The molecule has 0 saturated heterocycles. The number of nitrogens with one attached hydrogen (secondary N) is 1. The number of nitrogens with zero attached hydrogens (tertiary/aromatic N) is 4. The Labute approximate surface area is 145 Å². The SMILES string of the molecule is OCCn1cc(-c2cn(-c3ccccc3)c3c2/N=C\NCOC3)cn1. The number of para-hydroxylation sites is 1. The molecule has 3 aromatic rings. The molecule has 7 heteroatoms. The molecule has 3 heterocycles. The van der Waals surface area contributed by atoms with Crippen LogP contribution in [-0.4, -0.2) is 39.1 Å². The summed E-state index contributed by atoms with van der Waals surface area (Å²) < 4.78 is 9.51. The van der Waals surface area contributed by atoms with Crippen molar-refractivity contribution in [1.29, 1.82) is 0 Å². The smallest absolute Gasteiger partial charge is 0.117 e. The number of hydrogen-bond donors (Lipinski definition) is 2. The molecule has 25 heavy (non-hydrogen) atoms. The van der Waals surface area contributed by atoms with E-state index in [9.17, 15) is 0 Å². The molecule has 7 nitrogen and oxygen atoms in total. The van der Waals surface area contributed by atoms with E-state index in [2.05, 4.69) is 38.3 Å². The largest absolute Gasteiger partial charge is 0.394 e. The minimum Gasteiger partial charge on any atom is -0.394 e. The molecule has 0 amide bonds. The van der Waals surface area contributed by atoms with Crippen LogP contribution >= 0.6 is 0 Å². The minimum atomic E-state index is 0.0557. The van der Waals surface area contributed by atoms with Gasteiger partial charge in [-0.25, -0.2) is 4.99 Å². The molecular weight excluding hydrogens is 318 g/mol. The van der Waals surface area contributed by atoms with Crippen molar-refractivity contribution in [1.82, 2.24) is 19.7 Å². The summed E-state index contributed by atoms with van der Waals surface area (Å²) in [4.78, 5) is 4.60. The zero-order valence-electron chi connectivity index (χ0n) is 13.7. The Balaban J connectivity index is 1.86. The molecule has 2 aromatic heterocycles. The first-order valence-corrected chi connectivity index (χ1v) is 8.14. The molecular formula is C18H19N5O2. The Morgan fingerprint density at radius 1 is 1.20 bits per heavy atom. The minimum absolute atomic E-state index is 0.0557. The van der Waals surface area contributed by atoms with Crippen LogP contribution in [0.5, 0.6) is 0 Å². The van der Waals surface area contributed by atoms with Gasteiger partial charge < -0.3 is 19.7 Å². The normalized spacial score (nSPS) is 15.1. The highest BCUT2D eigenvalue weighted by molar-refractivity contribution is 5.81. The molecule has 0 unspecified atom stereocenters. The Morgan fingerprint density at radius 3 is 2.92 bits per heavy atom. The van der Waals surface area contributed by atoms with Gasteiger partial charge in [0, 0.05) is 29.2 Å². The van der Waals surface area contributed by atoms with Gasteiger partial charge in [0.1, 0.15) is 6.73 Å². The fourth-order valence-electron chi connectivity index (χ4n) is 2.93. The molecule has 4 rings (SSSR count). The first-order valence-electron chi connectivity index (χ1n) is 8.14. The Kier molecular flexibility index (Phi) is 4.32. The Morgan fingerprint density at radius 2 is 2.08 bits per heavy atom. The Hall–Kier alpha value is -2.90. The van der Waals surface area contributed by atoms with Gasteiger partial charge in [0.15, 0.2) is 0 Å². The van der Waals surface area contributed by atoms with Gasteiger partial charge in [-0.05, 0) is 12.1 Å². The molecule has 0 bridgehead atoms. The van der Waals surface area contributed by atoms with Crippen LogP contribution in [-0.2, 0) is 17.9 Å². The first kappa shape index (κ1) is 15.6. The van der Waals surface area contributed by atoms with Gasteiger partial charge >= 0.3 is 0 Å². The molecule has 128 valence electrons. The fraction of sp³-hybridized carbons (Fsp3) is 0.222. The van der Waals surface area contributed by atoms with E-state index in [0.717, 1.165) is 28.2 Å². The van der Waals surface area contributed by atoms with Crippen molar-refractivity contribution in [2.45, 2.75) is 13.2 Å². The molecule has 0 fully saturated rings.